The molecule has 0 spiro atoms. The van der Waals surface area contributed by atoms with E-state index in [0.29, 0.717) is 10.2 Å². The molecule has 1 amide bonds. The van der Waals surface area contributed by atoms with Crippen molar-refractivity contribution in [3.63, 3.8) is 0 Å². The van der Waals surface area contributed by atoms with E-state index in [4.69, 9.17) is 4.74 Å². The summed E-state index contributed by atoms with van der Waals surface area (Å²) in [6, 6.07) is 9.73. The highest BCUT2D eigenvalue weighted by Crippen LogP contribution is 2.31. The predicted molar refractivity (Wildman–Crippen MR) is 103 cm³/mol. The van der Waals surface area contributed by atoms with Crippen LogP contribution in [0.4, 0.5) is 11.4 Å². The first-order chi connectivity index (χ1) is 12.8. The number of nitrogens with zero attached hydrogens (tertiary/aromatic N) is 2. The molecule has 0 bridgehead atoms. The van der Waals surface area contributed by atoms with Crippen molar-refractivity contribution in [2.24, 2.45) is 0 Å². The molecule has 0 fully saturated rings. The maximum absolute atomic E-state index is 12.3. The molecule has 9 heteroatoms. The summed E-state index contributed by atoms with van der Waals surface area (Å²) < 4.78 is 6.27. The van der Waals surface area contributed by atoms with Crippen LogP contribution < -0.4 is 10.1 Å². The van der Waals surface area contributed by atoms with Crippen LogP contribution in [0.5, 0.6) is 11.5 Å². The van der Waals surface area contributed by atoms with Gasteiger partial charge in [0, 0.05) is 12.1 Å². The number of aromatic amines is 1. The van der Waals surface area contributed by atoms with Gasteiger partial charge in [0.15, 0.2) is 0 Å². The summed E-state index contributed by atoms with van der Waals surface area (Å²) >= 11 is 3.20. The Labute approximate surface area is 162 Å². The van der Waals surface area contributed by atoms with Gasteiger partial charge in [-0.25, -0.2) is 0 Å². The number of aromatic nitrogens is 2. The highest BCUT2D eigenvalue weighted by Gasteiger charge is 2.16. The molecule has 0 unspecified atom stereocenters. The first kappa shape index (κ1) is 18.6. The lowest BCUT2D eigenvalue weighted by molar-refractivity contribution is -0.384. The minimum atomic E-state index is -0.546. The molecule has 0 atom stereocenters. The SMILES string of the molecule is Cc1cc(C)cc(Oc2cc(NC(=O)c3[nH]ncc3Br)cc([N+](=O)[O-])c2)c1. The third kappa shape index (κ3) is 4.50. The van der Waals surface area contributed by atoms with Crippen molar-refractivity contribution < 1.29 is 14.5 Å². The molecule has 0 aliphatic heterocycles. The fourth-order valence-electron chi connectivity index (χ4n) is 2.57. The number of nitro groups is 1. The number of aryl methyl sites for hydroxylation is 2. The van der Waals surface area contributed by atoms with E-state index in [-0.39, 0.29) is 22.8 Å². The second kappa shape index (κ2) is 7.58. The van der Waals surface area contributed by atoms with Crippen LogP contribution in [0.15, 0.2) is 47.1 Å². The molecule has 0 saturated carbocycles. The first-order valence-electron chi connectivity index (χ1n) is 7.87. The number of hydrogen-bond donors (Lipinski definition) is 2. The molecule has 3 aromatic rings. The van der Waals surface area contributed by atoms with Gasteiger partial charge in [0.25, 0.3) is 11.6 Å². The molecule has 2 aromatic carbocycles. The number of nitrogens with one attached hydrogen (secondary N) is 2. The van der Waals surface area contributed by atoms with Crippen LogP contribution in [0.25, 0.3) is 0 Å². The van der Waals surface area contributed by atoms with E-state index in [1.165, 1.54) is 24.4 Å². The Bertz CT molecular complexity index is 1010. The molecule has 138 valence electrons. The Morgan fingerprint density at radius 2 is 1.81 bits per heavy atom. The number of benzene rings is 2. The summed E-state index contributed by atoms with van der Waals surface area (Å²) in [4.78, 5) is 23.0. The lowest BCUT2D eigenvalue weighted by Gasteiger charge is -2.10. The average Bonchev–Trinajstić information content (AvgIpc) is 2.99. The molecule has 0 aliphatic carbocycles. The van der Waals surface area contributed by atoms with Crippen LogP contribution in [-0.2, 0) is 0 Å². The first-order valence-corrected chi connectivity index (χ1v) is 8.67. The summed E-state index contributed by atoms with van der Waals surface area (Å²) in [6.45, 7) is 3.86. The van der Waals surface area contributed by atoms with Gasteiger partial charge in [-0.1, -0.05) is 6.07 Å². The van der Waals surface area contributed by atoms with Crippen molar-refractivity contribution in [3.8, 4) is 11.5 Å². The number of rotatable bonds is 5. The van der Waals surface area contributed by atoms with Crippen molar-refractivity contribution in [2.45, 2.75) is 13.8 Å². The van der Waals surface area contributed by atoms with Crippen molar-refractivity contribution in [2.75, 3.05) is 5.32 Å². The van der Waals surface area contributed by atoms with E-state index in [0.717, 1.165) is 11.1 Å². The van der Waals surface area contributed by atoms with Crippen LogP contribution in [0.2, 0.25) is 0 Å². The Morgan fingerprint density at radius 3 is 2.41 bits per heavy atom. The van der Waals surface area contributed by atoms with Crippen molar-refractivity contribution in [3.05, 3.63) is 74.0 Å². The standard InChI is InChI=1S/C18H15BrN4O4/c1-10-3-11(2)5-14(4-10)27-15-7-12(6-13(8-15)23(25)26)21-18(24)17-16(19)9-20-22-17/h3-9H,1-2H3,(H,20,22)(H,21,24). The normalized spacial score (nSPS) is 10.5. The molecule has 2 N–H and O–H groups in total. The number of amides is 1. The van der Waals surface area contributed by atoms with E-state index in [9.17, 15) is 14.9 Å². The summed E-state index contributed by atoms with van der Waals surface area (Å²) in [6.07, 6.45) is 1.44. The van der Waals surface area contributed by atoms with E-state index in [1.807, 2.05) is 32.0 Å². The number of carbonyl (C=O) groups excluding carboxylic acids is 1. The molecule has 0 radical (unpaired) electrons. The predicted octanol–water partition coefficient (Wildman–Crippen LogP) is 4.74. The summed E-state index contributed by atoms with van der Waals surface area (Å²) in [5, 5.41) is 20.2. The zero-order valence-corrected chi connectivity index (χ0v) is 16.0. The quantitative estimate of drug-likeness (QED) is 0.448. The number of anilines is 1. The second-order valence-corrected chi connectivity index (χ2v) is 6.80. The number of halogens is 1. The molecule has 3 rings (SSSR count). The molecule has 27 heavy (non-hydrogen) atoms. The lowest BCUT2D eigenvalue weighted by atomic mass is 10.1. The van der Waals surface area contributed by atoms with Gasteiger partial charge >= 0.3 is 0 Å². The highest BCUT2D eigenvalue weighted by molar-refractivity contribution is 9.10. The van der Waals surface area contributed by atoms with Crippen LogP contribution in [0, 0.1) is 24.0 Å². The molecule has 0 aliphatic rings. The lowest BCUT2D eigenvalue weighted by Crippen LogP contribution is -2.13. The number of carbonyl (C=O) groups is 1. The number of non-ortho nitro benzene ring substituents is 1. The van der Waals surface area contributed by atoms with Crippen molar-refractivity contribution in [1.29, 1.82) is 0 Å². The monoisotopic (exact) mass is 430 g/mol. The highest BCUT2D eigenvalue weighted by atomic mass is 79.9. The Hall–Kier alpha value is -3.20. The average molecular weight is 431 g/mol. The van der Waals surface area contributed by atoms with Crippen LogP contribution in [0.3, 0.4) is 0 Å². The second-order valence-electron chi connectivity index (χ2n) is 5.95. The largest absolute Gasteiger partial charge is 0.457 e. The summed E-state index contributed by atoms with van der Waals surface area (Å²) in [5.74, 6) is 0.312. The van der Waals surface area contributed by atoms with Gasteiger partial charge in [0.05, 0.1) is 27.3 Å². The zero-order chi connectivity index (χ0) is 19.6. The molecular weight excluding hydrogens is 416 g/mol. The number of H-pyrrole nitrogens is 1. The number of hydrogen-bond acceptors (Lipinski definition) is 5. The Morgan fingerprint density at radius 1 is 1.15 bits per heavy atom. The van der Waals surface area contributed by atoms with Crippen molar-refractivity contribution >= 4 is 33.2 Å². The Balaban J connectivity index is 1.91. The van der Waals surface area contributed by atoms with E-state index in [2.05, 4.69) is 31.4 Å². The van der Waals surface area contributed by atoms with Gasteiger partial charge in [-0.3, -0.25) is 20.0 Å². The third-order valence-corrected chi connectivity index (χ3v) is 4.21. The maximum Gasteiger partial charge on any atom is 0.275 e. The van der Waals surface area contributed by atoms with E-state index < -0.39 is 10.8 Å². The Kier molecular flexibility index (Phi) is 5.22. The fourth-order valence-corrected chi connectivity index (χ4v) is 2.94. The minimum Gasteiger partial charge on any atom is -0.457 e. The maximum atomic E-state index is 12.3. The summed E-state index contributed by atoms with van der Waals surface area (Å²) in [7, 11) is 0. The van der Waals surface area contributed by atoms with Gasteiger partial charge in [-0.15, -0.1) is 0 Å². The van der Waals surface area contributed by atoms with Gasteiger partial charge in [-0.05, 0) is 53.0 Å². The van der Waals surface area contributed by atoms with Gasteiger partial charge in [-0.2, -0.15) is 5.10 Å². The number of nitro benzene ring substituents is 1. The van der Waals surface area contributed by atoms with Gasteiger partial charge in [0.1, 0.15) is 17.2 Å². The van der Waals surface area contributed by atoms with Gasteiger partial charge < -0.3 is 10.1 Å². The van der Waals surface area contributed by atoms with Crippen LogP contribution >= 0.6 is 15.9 Å². The van der Waals surface area contributed by atoms with Gasteiger partial charge in [0.2, 0.25) is 0 Å². The zero-order valence-electron chi connectivity index (χ0n) is 14.4. The summed E-state index contributed by atoms with van der Waals surface area (Å²) in [5.41, 5.74) is 2.25. The van der Waals surface area contributed by atoms with E-state index >= 15 is 0 Å². The molecule has 1 heterocycles. The molecular formula is C18H15BrN4O4. The third-order valence-electron chi connectivity index (χ3n) is 3.61. The fraction of sp³-hybridized carbons (Fsp3) is 0.111. The molecule has 1 aromatic heterocycles. The topological polar surface area (TPSA) is 110 Å². The smallest absolute Gasteiger partial charge is 0.275 e. The van der Waals surface area contributed by atoms with Crippen molar-refractivity contribution in [1.82, 2.24) is 10.2 Å². The minimum absolute atomic E-state index is 0.198. The van der Waals surface area contributed by atoms with E-state index in [1.54, 1.807) is 0 Å². The molecule has 8 nitrogen and oxygen atoms in total. The van der Waals surface area contributed by atoms with Crippen LogP contribution in [-0.4, -0.2) is 21.0 Å². The van der Waals surface area contributed by atoms with Crippen LogP contribution in [0.1, 0.15) is 21.6 Å². The molecule has 0 saturated heterocycles. The number of ether oxygens (including phenoxy) is 1.